The number of hydrogen-bond acceptors (Lipinski definition) is 6. The summed E-state index contributed by atoms with van der Waals surface area (Å²) >= 11 is 0. The highest BCUT2D eigenvalue weighted by Gasteiger charge is 2.42. The van der Waals surface area contributed by atoms with Crippen LogP contribution < -0.4 is 10.6 Å². The molecule has 3 amide bonds. The van der Waals surface area contributed by atoms with Crippen LogP contribution in [0.2, 0.25) is 0 Å². The van der Waals surface area contributed by atoms with Gasteiger partial charge in [-0.2, -0.15) is 26.3 Å². The van der Waals surface area contributed by atoms with E-state index in [2.05, 4.69) is 50.0 Å². The van der Waals surface area contributed by atoms with Gasteiger partial charge < -0.3 is 25.3 Å². The summed E-state index contributed by atoms with van der Waals surface area (Å²) in [6.45, 7) is 7.28. The van der Waals surface area contributed by atoms with Crippen LogP contribution >= 0.6 is 0 Å². The van der Waals surface area contributed by atoms with E-state index in [-0.39, 0.29) is 48.5 Å². The summed E-state index contributed by atoms with van der Waals surface area (Å²) in [5, 5.41) is 4.91. The van der Waals surface area contributed by atoms with E-state index in [9.17, 15) is 45.5 Å². The van der Waals surface area contributed by atoms with Crippen LogP contribution in [0.3, 0.4) is 0 Å². The smallest absolute Gasteiger partial charge is 0.353 e. The van der Waals surface area contributed by atoms with Crippen LogP contribution in [0.4, 0.5) is 26.3 Å². The highest BCUT2D eigenvalue weighted by atomic mass is 19.4. The number of nitrogens with zero attached hydrogens (tertiary/aromatic N) is 3. The first-order valence-electron chi connectivity index (χ1n) is 19.9. The SMILES string of the molecule is CN(C)CCCCC(CC(=O)CCCCCCCCCCCN(CCCNC(=O)C(F)(F)F)C(=O)C(F)(F)F)C(=O)NC(CCCCN(C)C)C(C)(C)C. The van der Waals surface area contributed by atoms with Gasteiger partial charge in [-0.1, -0.05) is 78.6 Å². The molecule has 0 saturated heterocycles. The summed E-state index contributed by atoms with van der Waals surface area (Å²) in [5.41, 5.74) is -0.0966. The van der Waals surface area contributed by atoms with E-state index in [1.165, 1.54) is 0 Å². The Morgan fingerprint density at radius 1 is 0.574 bits per heavy atom. The molecule has 0 radical (unpaired) electrons. The van der Waals surface area contributed by atoms with E-state index in [1.807, 2.05) is 14.1 Å². The summed E-state index contributed by atoms with van der Waals surface area (Å²) in [6, 6.07) is 0.0313. The molecule has 0 spiro atoms. The lowest BCUT2D eigenvalue weighted by molar-refractivity contribution is -0.185. The van der Waals surface area contributed by atoms with E-state index >= 15 is 0 Å². The van der Waals surface area contributed by atoms with Crippen LogP contribution in [-0.4, -0.2) is 118 Å². The van der Waals surface area contributed by atoms with Crippen LogP contribution in [0, 0.1) is 11.3 Å². The van der Waals surface area contributed by atoms with Crippen LogP contribution in [0.15, 0.2) is 0 Å². The molecule has 0 aromatic heterocycles. The van der Waals surface area contributed by atoms with Gasteiger partial charge in [0.25, 0.3) is 0 Å². The maximum Gasteiger partial charge on any atom is 0.471 e. The number of unbranched alkanes of at least 4 members (excludes halogenated alkanes) is 10. The molecule has 318 valence electrons. The van der Waals surface area contributed by atoms with Gasteiger partial charge in [0.15, 0.2) is 0 Å². The predicted octanol–water partition coefficient (Wildman–Crippen LogP) is 7.92. The van der Waals surface area contributed by atoms with Crippen molar-refractivity contribution < 1.29 is 45.5 Å². The third kappa shape index (κ3) is 26.4. The maximum atomic E-state index is 13.6. The van der Waals surface area contributed by atoms with E-state index in [0.717, 1.165) is 90.1 Å². The molecule has 0 aromatic rings. The Morgan fingerprint density at radius 2 is 1.04 bits per heavy atom. The lowest BCUT2D eigenvalue weighted by Crippen LogP contribution is -2.46. The van der Waals surface area contributed by atoms with E-state index in [4.69, 9.17) is 0 Å². The zero-order valence-corrected chi connectivity index (χ0v) is 34.2. The molecule has 15 heteroatoms. The molecule has 2 unspecified atom stereocenters. The Kier molecular flexibility index (Phi) is 26.0. The molecule has 0 aliphatic carbocycles. The number of alkyl halides is 6. The van der Waals surface area contributed by atoms with Gasteiger partial charge in [0.1, 0.15) is 5.78 Å². The molecule has 9 nitrogen and oxygen atoms in total. The van der Waals surface area contributed by atoms with Crippen LogP contribution in [0.1, 0.15) is 136 Å². The van der Waals surface area contributed by atoms with Crippen molar-refractivity contribution >= 4 is 23.5 Å². The number of ketones is 1. The first-order valence-corrected chi connectivity index (χ1v) is 19.9. The van der Waals surface area contributed by atoms with E-state index < -0.39 is 37.3 Å². The largest absolute Gasteiger partial charge is 0.471 e. The third-order valence-corrected chi connectivity index (χ3v) is 9.52. The summed E-state index contributed by atoms with van der Waals surface area (Å²) in [6.07, 6.45) is 2.81. The Balaban J connectivity index is 4.61. The Bertz CT molecular complexity index is 1060. The minimum Gasteiger partial charge on any atom is -0.353 e. The van der Waals surface area contributed by atoms with Gasteiger partial charge in [0.2, 0.25) is 5.91 Å². The minimum atomic E-state index is -5.09. The van der Waals surface area contributed by atoms with Crippen molar-refractivity contribution in [3.8, 4) is 0 Å². The molecule has 0 bridgehead atoms. The number of nitrogens with one attached hydrogen (secondary N) is 2. The molecule has 0 fully saturated rings. The lowest BCUT2D eigenvalue weighted by Gasteiger charge is -2.33. The lowest BCUT2D eigenvalue weighted by atomic mass is 9.83. The molecular weight excluding hydrogens is 716 g/mol. The van der Waals surface area contributed by atoms with Gasteiger partial charge >= 0.3 is 24.2 Å². The highest BCUT2D eigenvalue weighted by molar-refractivity contribution is 5.87. The molecule has 2 N–H and O–H groups in total. The van der Waals surface area contributed by atoms with Crippen molar-refractivity contribution in [3.05, 3.63) is 0 Å². The molecule has 0 heterocycles. The van der Waals surface area contributed by atoms with Crippen LogP contribution in [0.25, 0.3) is 0 Å². The summed E-state index contributed by atoms with van der Waals surface area (Å²) < 4.78 is 75.9. The van der Waals surface area contributed by atoms with E-state index in [0.29, 0.717) is 30.6 Å². The van der Waals surface area contributed by atoms with Gasteiger partial charge in [0, 0.05) is 44.4 Å². The number of hydrogen-bond donors (Lipinski definition) is 2. The number of amides is 3. The zero-order chi connectivity index (χ0) is 41.4. The summed E-state index contributed by atoms with van der Waals surface area (Å²) in [7, 11) is 8.16. The average Bonchev–Trinajstić information content (AvgIpc) is 3.05. The van der Waals surface area contributed by atoms with Gasteiger partial charge in [-0.3, -0.25) is 19.2 Å². The quantitative estimate of drug-likeness (QED) is 0.0567. The number of carbonyl (C=O) groups is 4. The standard InChI is InChI=1S/C39H71F6N5O4/c1-37(2,3)33(24-17-20-27-49(6)7)47-34(52)31(22-16-19-26-48(4)5)30-32(51)23-15-13-11-9-8-10-12-14-18-28-50(36(54)39(43,44)45)29-21-25-46-35(53)38(40,41)42/h31,33H,8-30H2,1-7H3,(H,46,53)(H,47,52). The fourth-order valence-corrected chi connectivity index (χ4v) is 6.24. The highest BCUT2D eigenvalue weighted by Crippen LogP contribution is 2.26. The van der Waals surface area contributed by atoms with Gasteiger partial charge in [-0.15, -0.1) is 0 Å². The second kappa shape index (κ2) is 27.2. The first-order chi connectivity index (χ1) is 25.1. The number of rotatable bonds is 30. The van der Waals surface area contributed by atoms with Crippen LogP contribution in [0.5, 0.6) is 0 Å². The average molecular weight is 788 g/mol. The summed E-state index contributed by atoms with van der Waals surface area (Å²) in [5.74, 6) is -4.46. The molecule has 0 aromatic carbocycles. The second-order valence-electron chi connectivity index (χ2n) is 16.3. The van der Waals surface area contributed by atoms with Gasteiger partial charge in [-0.05, 0) is 91.6 Å². The minimum absolute atomic E-state index is 0.0183. The predicted molar refractivity (Wildman–Crippen MR) is 202 cm³/mol. The number of Topliss-reactive ketones (excluding diaryl/α,β-unsaturated/α-hetero) is 1. The van der Waals surface area contributed by atoms with Crippen molar-refractivity contribution in [1.29, 1.82) is 0 Å². The molecule has 0 saturated carbocycles. The Labute approximate surface area is 321 Å². The Morgan fingerprint density at radius 3 is 1.52 bits per heavy atom. The number of carbonyl (C=O) groups excluding carboxylic acids is 4. The first kappa shape index (κ1) is 51.6. The van der Waals surface area contributed by atoms with Crippen molar-refractivity contribution in [3.63, 3.8) is 0 Å². The monoisotopic (exact) mass is 788 g/mol. The fraction of sp³-hybridized carbons (Fsp3) is 0.897. The number of halogens is 6. The summed E-state index contributed by atoms with van der Waals surface area (Å²) in [4.78, 5) is 54.1. The molecule has 2 atom stereocenters. The third-order valence-electron chi connectivity index (χ3n) is 9.52. The van der Waals surface area contributed by atoms with Crippen molar-refractivity contribution in [1.82, 2.24) is 25.3 Å². The maximum absolute atomic E-state index is 13.6. The van der Waals surface area contributed by atoms with Gasteiger partial charge in [0.05, 0.1) is 0 Å². The molecular formula is C39H71F6N5O4. The second-order valence-corrected chi connectivity index (χ2v) is 16.3. The Hall–Kier alpha value is -2.42. The van der Waals surface area contributed by atoms with Gasteiger partial charge in [-0.25, -0.2) is 0 Å². The topological polar surface area (TPSA) is 102 Å². The van der Waals surface area contributed by atoms with Crippen molar-refractivity contribution in [2.45, 2.75) is 155 Å². The van der Waals surface area contributed by atoms with Crippen LogP contribution in [-0.2, 0) is 19.2 Å². The van der Waals surface area contributed by atoms with Crippen molar-refractivity contribution in [2.24, 2.45) is 11.3 Å². The molecule has 0 aliphatic rings. The zero-order valence-electron chi connectivity index (χ0n) is 34.2. The fourth-order valence-electron chi connectivity index (χ4n) is 6.24. The van der Waals surface area contributed by atoms with E-state index in [1.54, 1.807) is 5.32 Å². The normalized spacial score (nSPS) is 13.6. The molecule has 0 rings (SSSR count). The molecule has 54 heavy (non-hydrogen) atoms. The van der Waals surface area contributed by atoms with Crippen molar-refractivity contribution in [2.75, 3.05) is 60.9 Å². The molecule has 0 aliphatic heterocycles.